The first-order valence-corrected chi connectivity index (χ1v) is 6.92. The number of carbonyl (C=O) groups excluding carboxylic acids is 1. The number of rotatable bonds is 5. The maximum absolute atomic E-state index is 12.1. The number of aromatic nitrogens is 2. The van der Waals surface area contributed by atoms with Gasteiger partial charge in [0.05, 0.1) is 11.3 Å². The highest BCUT2D eigenvalue weighted by atomic mass is 79.9. The Labute approximate surface area is 111 Å². The fourth-order valence-electron chi connectivity index (χ4n) is 1.66. The Morgan fingerprint density at radius 2 is 2.24 bits per heavy atom. The number of nitrogens with zero attached hydrogens (tertiary/aromatic N) is 2. The molecule has 0 saturated heterocycles. The van der Waals surface area contributed by atoms with E-state index >= 15 is 0 Å². The van der Waals surface area contributed by atoms with Crippen LogP contribution in [0.2, 0.25) is 0 Å². The second-order valence-corrected chi connectivity index (χ2v) is 5.59. The SMILES string of the molecule is CCc1nn(C)cc1C(=O)NC(C)(C)CCBr. The Kier molecular flexibility index (Phi) is 4.74. The summed E-state index contributed by atoms with van der Waals surface area (Å²) >= 11 is 3.40. The third-order valence-electron chi connectivity index (χ3n) is 2.66. The van der Waals surface area contributed by atoms with Crippen molar-refractivity contribution in [1.29, 1.82) is 0 Å². The molecule has 0 bridgehead atoms. The van der Waals surface area contributed by atoms with Crippen molar-refractivity contribution in [3.8, 4) is 0 Å². The van der Waals surface area contributed by atoms with Gasteiger partial charge in [0.15, 0.2) is 0 Å². The van der Waals surface area contributed by atoms with Crippen LogP contribution in [0.15, 0.2) is 6.20 Å². The Morgan fingerprint density at radius 3 is 2.76 bits per heavy atom. The van der Waals surface area contributed by atoms with Gasteiger partial charge in [0, 0.05) is 24.1 Å². The molecule has 0 aliphatic carbocycles. The van der Waals surface area contributed by atoms with Crippen molar-refractivity contribution in [2.75, 3.05) is 5.33 Å². The van der Waals surface area contributed by atoms with Crippen LogP contribution in [-0.4, -0.2) is 26.6 Å². The summed E-state index contributed by atoms with van der Waals surface area (Å²) in [5, 5.41) is 8.18. The molecule has 0 aromatic carbocycles. The van der Waals surface area contributed by atoms with Crippen molar-refractivity contribution >= 4 is 21.8 Å². The highest BCUT2D eigenvalue weighted by molar-refractivity contribution is 9.09. The standard InChI is InChI=1S/C12H20BrN3O/c1-5-10-9(8-16(4)15-10)11(17)14-12(2,3)6-7-13/h8H,5-7H2,1-4H3,(H,14,17). The van der Waals surface area contributed by atoms with Crippen LogP contribution in [0.3, 0.4) is 0 Å². The molecular weight excluding hydrogens is 282 g/mol. The summed E-state index contributed by atoms with van der Waals surface area (Å²) in [6, 6.07) is 0. The molecule has 4 nitrogen and oxygen atoms in total. The monoisotopic (exact) mass is 301 g/mol. The first-order chi connectivity index (χ1) is 7.89. The van der Waals surface area contributed by atoms with E-state index in [0.717, 1.165) is 23.9 Å². The average Bonchev–Trinajstić information content (AvgIpc) is 2.58. The van der Waals surface area contributed by atoms with E-state index in [2.05, 4.69) is 26.3 Å². The van der Waals surface area contributed by atoms with Gasteiger partial charge < -0.3 is 5.32 Å². The van der Waals surface area contributed by atoms with Crippen molar-refractivity contribution in [1.82, 2.24) is 15.1 Å². The average molecular weight is 302 g/mol. The Balaban J connectivity index is 2.82. The smallest absolute Gasteiger partial charge is 0.255 e. The highest BCUT2D eigenvalue weighted by Crippen LogP contribution is 2.13. The molecule has 0 atom stereocenters. The van der Waals surface area contributed by atoms with Crippen LogP contribution in [-0.2, 0) is 13.5 Å². The summed E-state index contributed by atoms with van der Waals surface area (Å²) in [7, 11) is 1.83. The molecule has 17 heavy (non-hydrogen) atoms. The van der Waals surface area contributed by atoms with Gasteiger partial charge in [-0.1, -0.05) is 22.9 Å². The minimum atomic E-state index is -0.207. The van der Waals surface area contributed by atoms with Crippen LogP contribution >= 0.6 is 15.9 Å². The van der Waals surface area contributed by atoms with E-state index in [4.69, 9.17) is 0 Å². The molecule has 1 aromatic rings. The van der Waals surface area contributed by atoms with Crippen LogP contribution < -0.4 is 5.32 Å². The Bertz CT molecular complexity index is 398. The maximum Gasteiger partial charge on any atom is 0.255 e. The van der Waals surface area contributed by atoms with Crippen LogP contribution in [0.4, 0.5) is 0 Å². The van der Waals surface area contributed by atoms with Crippen molar-refractivity contribution in [3.63, 3.8) is 0 Å². The molecule has 0 unspecified atom stereocenters. The van der Waals surface area contributed by atoms with Gasteiger partial charge in [-0.25, -0.2) is 0 Å². The first kappa shape index (κ1) is 14.2. The van der Waals surface area contributed by atoms with Gasteiger partial charge in [-0.3, -0.25) is 9.48 Å². The predicted molar refractivity (Wildman–Crippen MR) is 72.5 cm³/mol. The first-order valence-electron chi connectivity index (χ1n) is 5.80. The molecule has 1 amide bonds. The van der Waals surface area contributed by atoms with Gasteiger partial charge in [-0.2, -0.15) is 5.10 Å². The Morgan fingerprint density at radius 1 is 1.59 bits per heavy atom. The fraction of sp³-hybridized carbons (Fsp3) is 0.667. The lowest BCUT2D eigenvalue weighted by molar-refractivity contribution is 0.0911. The van der Waals surface area contributed by atoms with Crippen molar-refractivity contribution in [2.24, 2.45) is 7.05 Å². The molecular formula is C12H20BrN3O. The molecule has 0 spiro atoms. The zero-order valence-electron chi connectivity index (χ0n) is 10.9. The number of nitrogens with one attached hydrogen (secondary N) is 1. The molecule has 1 heterocycles. The lowest BCUT2D eigenvalue weighted by Gasteiger charge is -2.25. The molecule has 1 rings (SSSR count). The molecule has 0 aliphatic heterocycles. The van der Waals surface area contributed by atoms with E-state index in [1.54, 1.807) is 10.9 Å². The molecule has 0 aliphatic rings. The van der Waals surface area contributed by atoms with E-state index in [1.165, 1.54) is 0 Å². The number of hydrogen-bond donors (Lipinski definition) is 1. The van der Waals surface area contributed by atoms with Crippen molar-refractivity contribution in [3.05, 3.63) is 17.5 Å². The fourth-order valence-corrected chi connectivity index (χ4v) is 2.65. The zero-order chi connectivity index (χ0) is 13.1. The molecule has 0 radical (unpaired) electrons. The molecule has 5 heteroatoms. The zero-order valence-corrected chi connectivity index (χ0v) is 12.5. The predicted octanol–water partition coefficient (Wildman–Crippen LogP) is 2.28. The van der Waals surface area contributed by atoms with Gasteiger partial charge in [0.2, 0.25) is 0 Å². The highest BCUT2D eigenvalue weighted by Gasteiger charge is 2.22. The number of carbonyl (C=O) groups is 1. The maximum atomic E-state index is 12.1. The third kappa shape index (κ3) is 3.84. The molecule has 1 aromatic heterocycles. The number of halogens is 1. The second-order valence-electron chi connectivity index (χ2n) is 4.79. The molecule has 1 N–H and O–H groups in total. The largest absolute Gasteiger partial charge is 0.347 e. The van der Waals surface area contributed by atoms with Crippen LogP contribution in [0.5, 0.6) is 0 Å². The lowest BCUT2D eigenvalue weighted by atomic mass is 10.0. The molecule has 0 saturated carbocycles. The summed E-state index contributed by atoms with van der Waals surface area (Å²) in [4.78, 5) is 12.1. The van der Waals surface area contributed by atoms with E-state index in [1.807, 2.05) is 27.8 Å². The minimum absolute atomic E-state index is 0.0408. The van der Waals surface area contributed by atoms with Crippen LogP contribution in [0, 0.1) is 0 Å². The van der Waals surface area contributed by atoms with Crippen molar-refractivity contribution < 1.29 is 4.79 Å². The third-order valence-corrected chi connectivity index (χ3v) is 3.05. The summed E-state index contributed by atoms with van der Waals surface area (Å²) in [6.07, 6.45) is 3.43. The summed E-state index contributed by atoms with van der Waals surface area (Å²) in [5.41, 5.74) is 1.32. The number of hydrogen-bond acceptors (Lipinski definition) is 2. The number of alkyl halides is 1. The van der Waals surface area contributed by atoms with Crippen molar-refractivity contribution in [2.45, 2.75) is 39.2 Å². The van der Waals surface area contributed by atoms with Gasteiger partial charge >= 0.3 is 0 Å². The van der Waals surface area contributed by atoms with Gasteiger partial charge in [0.25, 0.3) is 5.91 Å². The minimum Gasteiger partial charge on any atom is -0.347 e. The van der Waals surface area contributed by atoms with Crippen LogP contribution in [0.25, 0.3) is 0 Å². The quantitative estimate of drug-likeness (QED) is 0.848. The van der Waals surface area contributed by atoms with Gasteiger partial charge in [-0.05, 0) is 26.7 Å². The second kappa shape index (κ2) is 5.67. The summed E-state index contributed by atoms with van der Waals surface area (Å²) in [6.45, 7) is 6.05. The Hall–Kier alpha value is -0.840. The number of aryl methyl sites for hydroxylation is 2. The molecule has 96 valence electrons. The van der Waals surface area contributed by atoms with Gasteiger partial charge in [-0.15, -0.1) is 0 Å². The normalized spacial score (nSPS) is 11.6. The van der Waals surface area contributed by atoms with E-state index in [0.29, 0.717) is 5.56 Å². The topological polar surface area (TPSA) is 46.9 Å². The lowest BCUT2D eigenvalue weighted by Crippen LogP contribution is -2.43. The van der Waals surface area contributed by atoms with E-state index < -0.39 is 0 Å². The van der Waals surface area contributed by atoms with E-state index in [-0.39, 0.29) is 11.4 Å². The van der Waals surface area contributed by atoms with Gasteiger partial charge in [0.1, 0.15) is 0 Å². The van der Waals surface area contributed by atoms with Crippen LogP contribution in [0.1, 0.15) is 43.2 Å². The number of amides is 1. The van der Waals surface area contributed by atoms with E-state index in [9.17, 15) is 4.79 Å². The summed E-state index contributed by atoms with van der Waals surface area (Å²) < 4.78 is 1.69. The molecule has 0 fully saturated rings. The summed E-state index contributed by atoms with van der Waals surface area (Å²) in [5.74, 6) is -0.0408.